The molecule has 2 aromatic rings. The predicted octanol–water partition coefficient (Wildman–Crippen LogP) is 2.08. The average Bonchev–Trinajstić information content (AvgIpc) is 2.88. The highest BCUT2D eigenvalue weighted by atomic mass is 15.5. The molecule has 0 unspecified atom stereocenters. The standard InChI is InChI=1S/C23H29N9/c1-2-8-18(9-3-1)19-26-20(31-16-6-14-29-12-4-10-24-22(29)31)28-21(27-19)32-17-7-15-30-13-5-11-25-23(30)32/h1-3,8-9H,4-7,10-17H2. The lowest BCUT2D eigenvalue weighted by atomic mass is 10.2. The molecule has 32 heavy (non-hydrogen) atoms. The summed E-state index contributed by atoms with van der Waals surface area (Å²) >= 11 is 0. The van der Waals surface area contributed by atoms with Gasteiger partial charge in [-0.15, -0.1) is 0 Å². The van der Waals surface area contributed by atoms with Gasteiger partial charge in [0, 0.05) is 57.9 Å². The normalized spacial score (nSPS) is 21.0. The van der Waals surface area contributed by atoms with Gasteiger partial charge < -0.3 is 9.80 Å². The van der Waals surface area contributed by atoms with Crippen molar-refractivity contribution < 1.29 is 0 Å². The van der Waals surface area contributed by atoms with E-state index in [-0.39, 0.29) is 0 Å². The third-order valence-electron chi connectivity index (χ3n) is 6.47. The summed E-state index contributed by atoms with van der Waals surface area (Å²) in [4.78, 5) is 33.7. The topological polar surface area (TPSA) is 76.4 Å². The van der Waals surface area contributed by atoms with Crippen LogP contribution in [-0.2, 0) is 0 Å². The summed E-state index contributed by atoms with van der Waals surface area (Å²) in [6, 6.07) is 10.2. The number of benzene rings is 1. The summed E-state index contributed by atoms with van der Waals surface area (Å²) in [6.45, 7) is 7.69. The Balaban J connectivity index is 1.45. The zero-order valence-corrected chi connectivity index (χ0v) is 18.4. The summed E-state index contributed by atoms with van der Waals surface area (Å²) in [5.74, 6) is 4.09. The van der Waals surface area contributed by atoms with E-state index in [9.17, 15) is 0 Å². The van der Waals surface area contributed by atoms with E-state index in [1.165, 1.54) is 0 Å². The maximum atomic E-state index is 5.00. The summed E-state index contributed by atoms with van der Waals surface area (Å²) in [5, 5.41) is 0. The van der Waals surface area contributed by atoms with Crippen molar-refractivity contribution in [3.8, 4) is 11.4 Å². The molecule has 9 heteroatoms. The fourth-order valence-electron chi connectivity index (χ4n) is 4.95. The van der Waals surface area contributed by atoms with Crippen LogP contribution in [-0.4, -0.2) is 89.0 Å². The highest BCUT2D eigenvalue weighted by Crippen LogP contribution is 2.27. The third-order valence-corrected chi connectivity index (χ3v) is 6.47. The Morgan fingerprint density at radius 1 is 0.562 bits per heavy atom. The lowest BCUT2D eigenvalue weighted by Gasteiger charge is -2.41. The van der Waals surface area contributed by atoms with Gasteiger partial charge in [0.25, 0.3) is 0 Å². The summed E-state index contributed by atoms with van der Waals surface area (Å²) in [6.07, 6.45) is 4.37. The van der Waals surface area contributed by atoms with Gasteiger partial charge in [0.15, 0.2) is 5.82 Å². The van der Waals surface area contributed by atoms with Gasteiger partial charge in [-0.25, -0.2) is 0 Å². The molecule has 0 amide bonds. The van der Waals surface area contributed by atoms with Crippen LogP contribution >= 0.6 is 0 Å². The van der Waals surface area contributed by atoms with Gasteiger partial charge in [0.05, 0.1) is 0 Å². The molecule has 6 rings (SSSR count). The van der Waals surface area contributed by atoms with Crippen LogP contribution < -0.4 is 9.80 Å². The lowest BCUT2D eigenvalue weighted by molar-refractivity contribution is 0.357. The number of guanidine groups is 2. The van der Waals surface area contributed by atoms with Crippen LogP contribution in [0.2, 0.25) is 0 Å². The van der Waals surface area contributed by atoms with Gasteiger partial charge in [0.2, 0.25) is 23.8 Å². The molecule has 1 aromatic heterocycles. The molecule has 0 atom stereocenters. The van der Waals surface area contributed by atoms with Crippen molar-refractivity contribution >= 4 is 23.8 Å². The Morgan fingerprint density at radius 2 is 1.09 bits per heavy atom. The van der Waals surface area contributed by atoms with E-state index >= 15 is 0 Å². The van der Waals surface area contributed by atoms with Crippen molar-refractivity contribution in [2.45, 2.75) is 25.7 Å². The number of aliphatic imine (C=N–C) groups is 2. The van der Waals surface area contributed by atoms with Crippen molar-refractivity contribution in [2.75, 3.05) is 62.2 Å². The first-order chi connectivity index (χ1) is 15.9. The average molecular weight is 432 g/mol. The van der Waals surface area contributed by atoms with Gasteiger partial charge in [-0.1, -0.05) is 30.3 Å². The number of hydrogen-bond donors (Lipinski definition) is 0. The first-order valence-corrected chi connectivity index (χ1v) is 11.8. The van der Waals surface area contributed by atoms with Crippen molar-refractivity contribution in [2.24, 2.45) is 9.98 Å². The number of fused-ring (bicyclic) bond motifs is 2. The highest BCUT2D eigenvalue weighted by molar-refractivity contribution is 5.97. The molecule has 0 spiro atoms. The third kappa shape index (κ3) is 3.55. The van der Waals surface area contributed by atoms with Gasteiger partial charge in [0.1, 0.15) is 0 Å². The molecule has 1 aromatic carbocycles. The quantitative estimate of drug-likeness (QED) is 0.736. The molecule has 9 nitrogen and oxygen atoms in total. The minimum absolute atomic E-state index is 0.688. The molecule has 2 fully saturated rings. The summed E-state index contributed by atoms with van der Waals surface area (Å²) in [5.41, 5.74) is 0.997. The van der Waals surface area contributed by atoms with Crippen molar-refractivity contribution in [1.29, 1.82) is 0 Å². The van der Waals surface area contributed by atoms with Crippen molar-refractivity contribution in [1.82, 2.24) is 24.8 Å². The zero-order chi connectivity index (χ0) is 21.3. The smallest absolute Gasteiger partial charge is 0.237 e. The SMILES string of the molecule is c1ccc(-c2nc(N3CCCN4CCCN=C43)nc(N3CCCN4CCCN=C43)n2)cc1. The second-order valence-electron chi connectivity index (χ2n) is 8.68. The largest absolute Gasteiger partial charge is 0.342 e. The molecule has 166 valence electrons. The van der Waals surface area contributed by atoms with E-state index in [0.717, 1.165) is 95.5 Å². The number of nitrogens with zero attached hydrogens (tertiary/aromatic N) is 9. The molecule has 0 N–H and O–H groups in total. The Labute approximate surface area is 188 Å². The van der Waals surface area contributed by atoms with Crippen LogP contribution in [0.3, 0.4) is 0 Å². The summed E-state index contributed by atoms with van der Waals surface area (Å²) in [7, 11) is 0. The Kier molecular flexibility index (Phi) is 5.09. The molecule has 0 bridgehead atoms. The molecular formula is C23H29N9. The molecule has 0 radical (unpaired) electrons. The Hall–Kier alpha value is -3.23. The maximum Gasteiger partial charge on any atom is 0.237 e. The van der Waals surface area contributed by atoms with Gasteiger partial charge in [-0.2, -0.15) is 15.0 Å². The van der Waals surface area contributed by atoms with Gasteiger partial charge in [-0.3, -0.25) is 19.8 Å². The van der Waals surface area contributed by atoms with Crippen LogP contribution in [0.4, 0.5) is 11.9 Å². The molecule has 0 saturated carbocycles. The van der Waals surface area contributed by atoms with Gasteiger partial charge >= 0.3 is 0 Å². The van der Waals surface area contributed by atoms with Crippen LogP contribution in [0, 0.1) is 0 Å². The molecule has 5 heterocycles. The van der Waals surface area contributed by atoms with Crippen LogP contribution in [0.15, 0.2) is 40.3 Å². The monoisotopic (exact) mass is 431 g/mol. The molecular weight excluding hydrogens is 402 g/mol. The second-order valence-corrected chi connectivity index (χ2v) is 8.68. The number of rotatable bonds is 3. The zero-order valence-electron chi connectivity index (χ0n) is 18.4. The number of hydrogen-bond acceptors (Lipinski definition) is 9. The Morgan fingerprint density at radius 3 is 1.66 bits per heavy atom. The van der Waals surface area contributed by atoms with Gasteiger partial charge in [-0.05, 0) is 25.7 Å². The number of aromatic nitrogens is 3. The van der Waals surface area contributed by atoms with Crippen LogP contribution in [0.1, 0.15) is 25.7 Å². The maximum absolute atomic E-state index is 5.00. The fourth-order valence-corrected chi connectivity index (χ4v) is 4.95. The van der Waals surface area contributed by atoms with Crippen molar-refractivity contribution in [3.05, 3.63) is 30.3 Å². The van der Waals surface area contributed by atoms with E-state index in [2.05, 4.69) is 31.7 Å². The van der Waals surface area contributed by atoms with Crippen LogP contribution in [0.5, 0.6) is 0 Å². The lowest BCUT2D eigenvalue weighted by Crippen LogP contribution is -2.54. The highest BCUT2D eigenvalue weighted by Gasteiger charge is 2.32. The Bertz CT molecular complexity index is 975. The summed E-state index contributed by atoms with van der Waals surface area (Å²) < 4.78 is 0. The van der Waals surface area contributed by atoms with E-state index in [1.807, 2.05) is 18.2 Å². The van der Waals surface area contributed by atoms with Crippen molar-refractivity contribution in [3.63, 3.8) is 0 Å². The number of anilines is 2. The predicted molar refractivity (Wildman–Crippen MR) is 126 cm³/mol. The molecule has 0 aliphatic carbocycles. The van der Waals surface area contributed by atoms with Crippen LogP contribution in [0.25, 0.3) is 11.4 Å². The second kappa shape index (κ2) is 8.37. The first kappa shape index (κ1) is 19.5. The molecule has 4 aliphatic heterocycles. The van der Waals surface area contributed by atoms with E-state index < -0.39 is 0 Å². The minimum atomic E-state index is 0.688. The molecule has 2 saturated heterocycles. The van der Waals surface area contributed by atoms with E-state index in [4.69, 9.17) is 24.9 Å². The molecule has 4 aliphatic rings. The van der Waals surface area contributed by atoms with E-state index in [1.54, 1.807) is 0 Å². The van der Waals surface area contributed by atoms with E-state index in [0.29, 0.717) is 17.7 Å². The first-order valence-electron chi connectivity index (χ1n) is 11.8. The fraction of sp³-hybridized carbons (Fsp3) is 0.522. The minimum Gasteiger partial charge on any atom is -0.342 e.